The maximum atomic E-state index is 14.7. The van der Waals surface area contributed by atoms with E-state index in [1.165, 1.54) is 6.92 Å². The number of hydrogen-bond acceptors (Lipinski definition) is 20. The summed E-state index contributed by atoms with van der Waals surface area (Å²) in [5.74, 6) is -10.4. The molecule has 0 aromatic heterocycles. The van der Waals surface area contributed by atoms with Crippen molar-refractivity contribution in [3.63, 3.8) is 0 Å². The number of carboxylic acids is 2. The second kappa shape index (κ2) is 46.0. The van der Waals surface area contributed by atoms with Crippen LogP contribution in [-0.2, 0) is 59.2 Å². The average molecular weight is 1280 g/mol. The molecule has 1 saturated heterocycles. The normalized spacial score (nSPS) is 21.6. The van der Waals surface area contributed by atoms with Crippen LogP contribution in [0.25, 0.3) is 0 Å². The Bertz CT molecular complexity index is 2310. The van der Waals surface area contributed by atoms with Gasteiger partial charge in [-0.3, -0.25) is 47.9 Å². The minimum Gasteiger partial charge on any atom is -0.481 e. The number of carbonyl (C=O) groups excluding carboxylic acids is 9. The van der Waals surface area contributed by atoms with Crippen LogP contribution in [0.2, 0.25) is 0 Å². The van der Waals surface area contributed by atoms with Gasteiger partial charge in [0.05, 0.1) is 12.1 Å². The number of aliphatic hydroxyl groups is 1. The summed E-state index contributed by atoms with van der Waals surface area (Å²) in [5, 5.41) is 52.5. The molecule has 24 N–H and O–H groups in total. The summed E-state index contributed by atoms with van der Waals surface area (Å²) in [6.45, 7) is 7.38. The Labute approximate surface area is 524 Å². The van der Waals surface area contributed by atoms with E-state index < -0.39 is 132 Å². The highest BCUT2D eigenvalue weighted by molar-refractivity contribution is 8.76. The van der Waals surface area contributed by atoms with Gasteiger partial charge in [0.2, 0.25) is 53.2 Å². The van der Waals surface area contributed by atoms with Gasteiger partial charge in [-0.1, -0.05) is 72.2 Å². The van der Waals surface area contributed by atoms with Crippen molar-refractivity contribution in [2.24, 2.45) is 40.3 Å². The minimum atomic E-state index is -1.57. The van der Waals surface area contributed by atoms with E-state index in [4.69, 9.17) is 44.3 Å². The van der Waals surface area contributed by atoms with E-state index in [9.17, 15) is 58.2 Å². The fraction of sp³-hybridized carbons (Fsp3) is 0.702. The van der Waals surface area contributed by atoms with Crippen LogP contribution in [-0.4, -0.2) is 191 Å². The molecule has 1 fully saturated rings. The minimum absolute atomic E-state index is 0.00287. The molecule has 0 radical (unpaired) electrons. The number of nitrogens with one attached hydrogen (secondary N) is 9. The third-order valence-electron chi connectivity index (χ3n) is 13.7. The number of aliphatic carboxylic acids is 2. The Balaban J connectivity index is 0.00000937. The lowest BCUT2D eigenvalue weighted by Gasteiger charge is -2.29. The van der Waals surface area contributed by atoms with Gasteiger partial charge in [0.1, 0.15) is 54.4 Å². The van der Waals surface area contributed by atoms with E-state index in [-0.39, 0.29) is 88.5 Å². The Morgan fingerprint density at radius 2 is 0.966 bits per heavy atom. The maximum Gasteiger partial charge on any atom is 0.327 e. The monoisotopic (exact) mass is 1280 g/mol. The number of aliphatic hydroxyl groups excluding tert-OH is 1. The molecule has 88 heavy (non-hydrogen) atoms. The Hall–Kier alpha value is -6.19. The molecule has 0 saturated carbocycles. The first-order chi connectivity index (χ1) is 41.8. The van der Waals surface area contributed by atoms with Crippen molar-refractivity contribution in [1.82, 2.24) is 47.9 Å². The van der Waals surface area contributed by atoms with E-state index in [1.54, 1.807) is 30.3 Å². The second-order valence-electron chi connectivity index (χ2n) is 22.0. The highest BCUT2D eigenvalue weighted by Crippen LogP contribution is 2.24. The first-order valence-electron chi connectivity index (χ1n) is 30.2. The van der Waals surface area contributed by atoms with Crippen molar-refractivity contribution in [3.05, 3.63) is 35.9 Å². The van der Waals surface area contributed by atoms with Crippen LogP contribution in [0.1, 0.15) is 136 Å². The van der Waals surface area contributed by atoms with Gasteiger partial charge in [0.15, 0.2) is 0 Å². The Kier molecular flexibility index (Phi) is 41.7. The molecule has 31 heteroatoms. The summed E-state index contributed by atoms with van der Waals surface area (Å²) in [6, 6.07) is -4.82. The zero-order chi connectivity index (χ0) is 66.1. The lowest BCUT2D eigenvalue weighted by Crippen LogP contribution is -2.61. The average Bonchev–Trinajstić information content (AvgIpc) is 3.68. The highest BCUT2D eigenvalue weighted by Gasteiger charge is 2.37. The van der Waals surface area contributed by atoms with E-state index in [2.05, 4.69) is 47.9 Å². The summed E-state index contributed by atoms with van der Waals surface area (Å²) in [5.41, 5.74) is 35.5. The van der Waals surface area contributed by atoms with Gasteiger partial charge in [-0.05, 0) is 147 Å². The molecule has 0 bridgehead atoms. The Morgan fingerprint density at radius 1 is 0.545 bits per heavy atom. The largest absolute Gasteiger partial charge is 0.481 e. The maximum absolute atomic E-state index is 14.7. The molecule has 500 valence electrons. The van der Waals surface area contributed by atoms with Crippen LogP contribution in [0, 0.1) is 5.92 Å². The number of amides is 9. The highest BCUT2D eigenvalue weighted by atomic mass is 33.1. The molecule has 2 rings (SSSR count). The van der Waals surface area contributed by atoms with Crippen molar-refractivity contribution in [2.75, 3.05) is 44.2 Å². The molecular formula is C57H101N15O14S2. The molecule has 1 aliphatic heterocycles. The van der Waals surface area contributed by atoms with Gasteiger partial charge in [-0.15, -0.1) is 0 Å². The number of carboxylic acid groups (broad SMARTS) is 2. The SMILES string of the molecule is CC(=O)O.CC(C)C[C@@H]1NC(=O)[C@H](Cc2ccccc2)NC(=O)[C@H](CCCCN)NC(=O)[C@@H](NC(=O)[C@H](CCCCN)NC(=O)[C@@H](NC(=O)[C@@H](N)CCCCN)[C@@H](C)O)CSSC[C@@H](C(=O)O)NC(=O)[C@H](CCCCN)NC(=O)[C@H](CCCCN)NC1=O. The molecule has 0 unspecified atom stereocenters. The number of nitrogens with two attached hydrogens (primary N) is 6. The summed E-state index contributed by atoms with van der Waals surface area (Å²) in [6.07, 6.45) is 3.17. The molecule has 1 aromatic carbocycles. The molecule has 29 nitrogen and oxygen atoms in total. The molecule has 1 aromatic rings. The fourth-order valence-electron chi connectivity index (χ4n) is 8.87. The van der Waals surface area contributed by atoms with Crippen molar-refractivity contribution in [1.29, 1.82) is 0 Å². The summed E-state index contributed by atoms with van der Waals surface area (Å²) in [7, 11) is 1.86. The third-order valence-corrected chi connectivity index (χ3v) is 16.2. The van der Waals surface area contributed by atoms with Crippen LogP contribution < -0.4 is 82.3 Å². The Morgan fingerprint density at radius 3 is 1.44 bits per heavy atom. The smallest absolute Gasteiger partial charge is 0.327 e. The first-order valence-corrected chi connectivity index (χ1v) is 32.7. The van der Waals surface area contributed by atoms with E-state index >= 15 is 0 Å². The molecule has 0 aliphatic carbocycles. The lowest BCUT2D eigenvalue weighted by molar-refractivity contribution is -0.141. The van der Waals surface area contributed by atoms with Gasteiger partial charge >= 0.3 is 5.97 Å². The predicted octanol–water partition coefficient (Wildman–Crippen LogP) is -2.44. The molecule has 1 heterocycles. The molecule has 1 aliphatic rings. The van der Waals surface area contributed by atoms with Gasteiger partial charge in [-0.2, -0.15) is 0 Å². The van der Waals surface area contributed by atoms with Gasteiger partial charge < -0.3 is 97.6 Å². The topological polar surface area (TPSA) is 513 Å². The number of rotatable bonds is 32. The zero-order valence-corrected chi connectivity index (χ0v) is 53.0. The number of benzene rings is 1. The van der Waals surface area contributed by atoms with E-state index in [1.807, 2.05) is 13.8 Å². The van der Waals surface area contributed by atoms with Crippen LogP contribution >= 0.6 is 21.6 Å². The van der Waals surface area contributed by atoms with E-state index in [0.29, 0.717) is 76.3 Å². The standard InChI is InChI=1S/C55H97N15O12S2.C2H4O2/c1-33(2)29-41-51(77)63-37(20-8-13-25-57)47(73)62-39(22-10-15-27-59)50(76)69-44(55(81)82)32-84-83-31-43(53(79)64-38(21-9-14-26-58)48(74)67-42(52(78)66-41)30-35-17-5-4-6-18-35)68-49(75)40(23-11-16-28-60)65-54(80)45(34(3)71)70-46(72)36(61)19-7-12-24-56;1-2(3)4/h4-6,17-18,33-34,36-45,71H,7-16,19-32,56-61H2,1-3H3,(H,62,73)(H,63,77)(H,64,79)(H,65,80)(H,66,78)(H,67,74)(H,68,75)(H,69,76)(H,70,72)(H,81,82);1H3,(H,3,4)/t34-,36+,37+,38+,39+,40+,41+,42+,43+,44+,45+;/m1./s1. The third kappa shape index (κ3) is 33.4. The summed E-state index contributed by atoms with van der Waals surface area (Å²) < 4.78 is 0. The number of unbranched alkanes of at least 4 members (excludes halogenated alkanes) is 5. The fourth-order valence-corrected chi connectivity index (χ4v) is 11.2. The lowest BCUT2D eigenvalue weighted by atomic mass is 9.99. The van der Waals surface area contributed by atoms with Crippen LogP contribution in [0.4, 0.5) is 0 Å². The predicted molar refractivity (Wildman–Crippen MR) is 337 cm³/mol. The summed E-state index contributed by atoms with van der Waals surface area (Å²) >= 11 is 0. The molecule has 0 spiro atoms. The van der Waals surface area contributed by atoms with Crippen molar-refractivity contribution >= 4 is 86.7 Å². The van der Waals surface area contributed by atoms with Gasteiger partial charge in [0, 0.05) is 24.9 Å². The first kappa shape index (κ1) is 79.8. The van der Waals surface area contributed by atoms with Gasteiger partial charge in [0.25, 0.3) is 5.97 Å². The van der Waals surface area contributed by atoms with Crippen LogP contribution in [0.5, 0.6) is 0 Å². The number of hydrogen-bond donors (Lipinski definition) is 18. The van der Waals surface area contributed by atoms with Crippen LogP contribution in [0.15, 0.2) is 30.3 Å². The second-order valence-corrected chi connectivity index (χ2v) is 24.5. The number of carbonyl (C=O) groups is 11. The van der Waals surface area contributed by atoms with E-state index in [0.717, 1.165) is 28.5 Å². The zero-order valence-electron chi connectivity index (χ0n) is 51.4. The molecule has 11 atom stereocenters. The molecule has 9 amide bonds. The van der Waals surface area contributed by atoms with Crippen molar-refractivity contribution in [2.45, 2.75) is 203 Å². The van der Waals surface area contributed by atoms with Crippen molar-refractivity contribution < 1.29 is 68.1 Å². The summed E-state index contributed by atoms with van der Waals surface area (Å²) in [4.78, 5) is 150. The van der Waals surface area contributed by atoms with Crippen LogP contribution in [0.3, 0.4) is 0 Å². The van der Waals surface area contributed by atoms with Gasteiger partial charge in [-0.25, -0.2) is 4.79 Å². The van der Waals surface area contributed by atoms with Crippen molar-refractivity contribution in [3.8, 4) is 0 Å². The molecular weight excluding hydrogens is 1180 g/mol. The quantitative estimate of drug-likeness (QED) is 0.0263.